The van der Waals surface area contributed by atoms with Crippen LogP contribution in [0.3, 0.4) is 0 Å². The van der Waals surface area contributed by atoms with Gasteiger partial charge in [-0.2, -0.15) is 5.10 Å². The molecular weight excluding hydrogens is 350 g/mol. The molecule has 0 saturated carbocycles. The van der Waals surface area contributed by atoms with Crippen molar-refractivity contribution in [2.75, 3.05) is 11.1 Å². The summed E-state index contributed by atoms with van der Waals surface area (Å²) in [6.07, 6.45) is 1.41. The highest BCUT2D eigenvalue weighted by atomic mass is 127. The summed E-state index contributed by atoms with van der Waals surface area (Å²) in [5.41, 5.74) is 6.75. The van der Waals surface area contributed by atoms with E-state index in [1.165, 1.54) is 29.1 Å². The molecule has 1 amide bonds. The number of carbonyl (C=O) groups is 1. The van der Waals surface area contributed by atoms with Crippen molar-refractivity contribution >= 4 is 39.9 Å². The summed E-state index contributed by atoms with van der Waals surface area (Å²) in [4.78, 5) is 12.0. The molecule has 0 bridgehead atoms. The molecule has 2 aromatic rings. The average Bonchev–Trinajstić information content (AvgIpc) is 2.62. The van der Waals surface area contributed by atoms with Crippen LogP contribution in [0, 0.1) is 9.39 Å². The van der Waals surface area contributed by atoms with Gasteiger partial charge in [0.05, 0.1) is 17.6 Å². The first-order chi connectivity index (χ1) is 8.49. The standard InChI is InChI=1S/C11H10FIN4O/c1-17-10(8(14)5-15-17)11(18)16-9-3-2-6(12)4-7(9)13/h2-5H,14H2,1H3,(H,16,18). The van der Waals surface area contributed by atoms with Crippen LogP contribution in [0.5, 0.6) is 0 Å². The van der Waals surface area contributed by atoms with Gasteiger partial charge in [-0.05, 0) is 40.8 Å². The van der Waals surface area contributed by atoms with E-state index in [-0.39, 0.29) is 17.4 Å². The van der Waals surface area contributed by atoms with Crippen molar-refractivity contribution in [2.24, 2.45) is 7.05 Å². The molecule has 1 aromatic carbocycles. The molecule has 0 aliphatic carbocycles. The highest BCUT2D eigenvalue weighted by molar-refractivity contribution is 14.1. The first kappa shape index (κ1) is 12.8. The van der Waals surface area contributed by atoms with Crippen molar-refractivity contribution in [3.05, 3.63) is 39.5 Å². The number of halogens is 2. The van der Waals surface area contributed by atoms with E-state index in [1.54, 1.807) is 7.05 Å². The predicted molar refractivity (Wildman–Crippen MR) is 74.7 cm³/mol. The van der Waals surface area contributed by atoms with E-state index in [9.17, 15) is 9.18 Å². The van der Waals surface area contributed by atoms with Crippen molar-refractivity contribution in [1.82, 2.24) is 9.78 Å². The number of nitrogens with two attached hydrogens (primary N) is 1. The van der Waals surface area contributed by atoms with Gasteiger partial charge < -0.3 is 11.1 Å². The van der Waals surface area contributed by atoms with Crippen molar-refractivity contribution in [3.63, 3.8) is 0 Å². The number of carbonyl (C=O) groups excluding carboxylic acids is 1. The van der Waals surface area contributed by atoms with Crippen LogP contribution in [-0.2, 0) is 7.05 Å². The Kier molecular flexibility index (Phi) is 3.50. The van der Waals surface area contributed by atoms with Gasteiger partial charge in [0.2, 0.25) is 0 Å². The first-order valence-corrected chi connectivity index (χ1v) is 6.11. The van der Waals surface area contributed by atoms with Crippen molar-refractivity contribution in [1.29, 1.82) is 0 Å². The zero-order valence-corrected chi connectivity index (χ0v) is 11.6. The maximum atomic E-state index is 12.9. The molecule has 7 heteroatoms. The van der Waals surface area contributed by atoms with E-state index in [2.05, 4.69) is 10.4 Å². The zero-order valence-electron chi connectivity index (χ0n) is 9.45. The quantitative estimate of drug-likeness (QED) is 0.805. The van der Waals surface area contributed by atoms with Crippen LogP contribution in [0.25, 0.3) is 0 Å². The van der Waals surface area contributed by atoms with Gasteiger partial charge in [-0.3, -0.25) is 9.48 Å². The van der Waals surface area contributed by atoms with E-state index >= 15 is 0 Å². The van der Waals surface area contributed by atoms with Crippen LogP contribution < -0.4 is 11.1 Å². The summed E-state index contributed by atoms with van der Waals surface area (Å²) >= 11 is 1.95. The third-order valence-corrected chi connectivity index (χ3v) is 3.25. The Morgan fingerprint density at radius 1 is 1.56 bits per heavy atom. The summed E-state index contributed by atoms with van der Waals surface area (Å²) < 4.78 is 14.9. The van der Waals surface area contributed by atoms with Crippen molar-refractivity contribution in [2.45, 2.75) is 0 Å². The fourth-order valence-corrected chi connectivity index (χ4v) is 2.12. The topological polar surface area (TPSA) is 72.9 Å². The molecule has 0 aliphatic rings. The van der Waals surface area contributed by atoms with E-state index in [0.717, 1.165) is 0 Å². The minimum absolute atomic E-state index is 0.273. The second-order valence-electron chi connectivity index (χ2n) is 3.65. The summed E-state index contributed by atoms with van der Waals surface area (Å²) in [5.74, 6) is -0.727. The zero-order chi connectivity index (χ0) is 13.3. The van der Waals surface area contributed by atoms with Gasteiger partial charge in [-0.25, -0.2) is 4.39 Å². The largest absolute Gasteiger partial charge is 0.396 e. The van der Waals surface area contributed by atoms with Gasteiger partial charge in [0, 0.05) is 10.6 Å². The lowest BCUT2D eigenvalue weighted by Gasteiger charge is -2.08. The molecule has 1 heterocycles. The van der Waals surface area contributed by atoms with Crippen molar-refractivity contribution in [3.8, 4) is 0 Å². The average molecular weight is 360 g/mol. The lowest BCUT2D eigenvalue weighted by Crippen LogP contribution is -2.18. The number of nitrogen functional groups attached to an aromatic ring is 1. The lowest BCUT2D eigenvalue weighted by molar-refractivity contribution is 0.101. The number of hydrogen-bond donors (Lipinski definition) is 2. The third-order valence-electron chi connectivity index (χ3n) is 2.36. The van der Waals surface area contributed by atoms with E-state index in [1.807, 2.05) is 22.6 Å². The Hall–Kier alpha value is -1.64. The number of hydrogen-bond acceptors (Lipinski definition) is 3. The van der Waals surface area contributed by atoms with Gasteiger partial charge in [0.15, 0.2) is 0 Å². The molecule has 0 radical (unpaired) electrons. The lowest BCUT2D eigenvalue weighted by atomic mass is 10.3. The van der Waals surface area contributed by atoms with Gasteiger partial charge in [-0.15, -0.1) is 0 Å². The van der Waals surface area contributed by atoms with Crippen LogP contribution in [-0.4, -0.2) is 15.7 Å². The number of rotatable bonds is 2. The minimum atomic E-state index is -0.378. The Bertz CT molecular complexity index is 592. The third kappa shape index (κ3) is 2.45. The van der Waals surface area contributed by atoms with Crippen molar-refractivity contribution < 1.29 is 9.18 Å². The first-order valence-electron chi connectivity index (χ1n) is 5.03. The second-order valence-corrected chi connectivity index (χ2v) is 4.81. The van der Waals surface area contributed by atoms with Crippen LogP contribution in [0.2, 0.25) is 0 Å². The maximum absolute atomic E-state index is 12.9. The van der Waals surface area contributed by atoms with Gasteiger partial charge in [0.1, 0.15) is 11.5 Å². The SMILES string of the molecule is Cn1ncc(N)c1C(=O)Nc1ccc(F)cc1I. The predicted octanol–water partition coefficient (Wildman–Crippen LogP) is 2.00. The molecule has 0 unspecified atom stereocenters. The normalized spacial score (nSPS) is 10.4. The summed E-state index contributed by atoms with van der Waals surface area (Å²) in [5, 5.41) is 6.55. The number of anilines is 2. The van der Waals surface area contributed by atoms with Crippen LogP contribution >= 0.6 is 22.6 Å². The monoisotopic (exact) mass is 360 g/mol. The highest BCUT2D eigenvalue weighted by Gasteiger charge is 2.16. The number of amides is 1. The van der Waals surface area contributed by atoms with Crippen LogP contribution in [0.15, 0.2) is 24.4 Å². The number of aromatic nitrogens is 2. The molecule has 94 valence electrons. The Balaban J connectivity index is 2.27. The number of nitrogens with zero attached hydrogens (tertiary/aromatic N) is 2. The minimum Gasteiger partial charge on any atom is -0.396 e. The fourth-order valence-electron chi connectivity index (χ4n) is 1.50. The molecule has 2 rings (SSSR count). The van der Waals surface area contributed by atoms with E-state index in [0.29, 0.717) is 14.9 Å². The van der Waals surface area contributed by atoms with Crippen LogP contribution in [0.4, 0.5) is 15.8 Å². The molecular formula is C11H10FIN4O. The number of aryl methyl sites for hydroxylation is 1. The van der Waals surface area contributed by atoms with Crippen LogP contribution in [0.1, 0.15) is 10.5 Å². The van der Waals surface area contributed by atoms with E-state index < -0.39 is 0 Å². The molecule has 1 aromatic heterocycles. The summed E-state index contributed by atoms with van der Waals surface area (Å²) in [6, 6.07) is 4.12. The number of nitrogens with one attached hydrogen (secondary N) is 1. The molecule has 5 nitrogen and oxygen atoms in total. The Morgan fingerprint density at radius 3 is 2.83 bits per heavy atom. The second kappa shape index (κ2) is 4.92. The highest BCUT2D eigenvalue weighted by Crippen LogP contribution is 2.20. The molecule has 0 saturated heterocycles. The Labute approximate surface area is 116 Å². The van der Waals surface area contributed by atoms with Gasteiger partial charge in [0.25, 0.3) is 5.91 Å². The summed E-state index contributed by atoms with van der Waals surface area (Å²) in [7, 11) is 1.63. The fraction of sp³-hybridized carbons (Fsp3) is 0.0909. The molecule has 0 spiro atoms. The number of benzene rings is 1. The smallest absolute Gasteiger partial charge is 0.276 e. The molecule has 0 atom stereocenters. The maximum Gasteiger partial charge on any atom is 0.276 e. The molecule has 0 aliphatic heterocycles. The van der Waals surface area contributed by atoms with E-state index in [4.69, 9.17) is 5.73 Å². The summed E-state index contributed by atoms with van der Waals surface area (Å²) in [6.45, 7) is 0. The Morgan fingerprint density at radius 2 is 2.28 bits per heavy atom. The van der Waals surface area contributed by atoms with Gasteiger partial charge >= 0.3 is 0 Å². The van der Waals surface area contributed by atoms with Gasteiger partial charge in [-0.1, -0.05) is 0 Å². The molecule has 18 heavy (non-hydrogen) atoms. The molecule has 3 N–H and O–H groups in total. The molecule has 0 fully saturated rings.